The molecule has 0 bridgehead atoms. The molecule has 1 unspecified atom stereocenters. The molecule has 0 amide bonds. The Balaban J connectivity index is 1.96. The van der Waals surface area contributed by atoms with Crippen LogP contribution in [0.1, 0.15) is 13.8 Å². The molecule has 0 heterocycles. The maximum atomic E-state index is 10.2. The first kappa shape index (κ1) is 17.5. The molecule has 0 spiro atoms. The smallest absolute Gasteiger partial charge is 0.137 e. The fourth-order valence-corrected chi connectivity index (χ4v) is 2.40. The third kappa shape index (κ3) is 5.08. The van der Waals surface area contributed by atoms with Gasteiger partial charge in [-0.1, -0.05) is 42.5 Å². The van der Waals surface area contributed by atoms with Crippen molar-refractivity contribution >= 4 is 0 Å². The quantitative estimate of drug-likeness (QED) is 0.792. The summed E-state index contributed by atoms with van der Waals surface area (Å²) in [5.41, 5.74) is 2.28. The third-order valence-electron chi connectivity index (χ3n) is 4.46. The topological polar surface area (TPSA) is 29.5 Å². The van der Waals surface area contributed by atoms with Crippen LogP contribution in [0.5, 0.6) is 5.75 Å². The zero-order valence-electron chi connectivity index (χ0n) is 14.6. The Labute approximate surface area is 139 Å². The molecule has 0 aliphatic heterocycles. The number of hydrogen-bond acceptors (Lipinski definition) is 2. The average molecular weight is 314 g/mol. The molecule has 0 saturated heterocycles. The van der Waals surface area contributed by atoms with Crippen LogP contribution >= 0.6 is 0 Å². The van der Waals surface area contributed by atoms with Crippen LogP contribution < -0.4 is 4.74 Å². The van der Waals surface area contributed by atoms with Crippen molar-refractivity contribution < 1.29 is 14.3 Å². The second kappa shape index (κ2) is 7.62. The summed E-state index contributed by atoms with van der Waals surface area (Å²) in [6.45, 7) is 5.32. The van der Waals surface area contributed by atoms with E-state index in [9.17, 15) is 5.11 Å². The average Bonchev–Trinajstić information content (AvgIpc) is 2.53. The van der Waals surface area contributed by atoms with Crippen molar-refractivity contribution in [1.29, 1.82) is 0 Å². The van der Waals surface area contributed by atoms with Gasteiger partial charge in [-0.25, -0.2) is 0 Å². The second-order valence-corrected chi connectivity index (χ2v) is 6.91. The van der Waals surface area contributed by atoms with Crippen molar-refractivity contribution in [3.05, 3.63) is 54.6 Å². The van der Waals surface area contributed by atoms with Crippen molar-refractivity contribution in [2.24, 2.45) is 0 Å². The highest BCUT2D eigenvalue weighted by Crippen LogP contribution is 2.23. The number of nitrogens with zero attached hydrogens (tertiary/aromatic N) is 1. The van der Waals surface area contributed by atoms with E-state index in [0.29, 0.717) is 19.2 Å². The second-order valence-electron chi connectivity index (χ2n) is 6.91. The summed E-state index contributed by atoms with van der Waals surface area (Å²) in [4.78, 5) is 0. The van der Waals surface area contributed by atoms with Crippen LogP contribution in [0, 0.1) is 0 Å². The summed E-state index contributed by atoms with van der Waals surface area (Å²) in [5, 5.41) is 10.2. The van der Waals surface area contributed by atoms with Crippen molar-refractivity contribution in [3.63, 3.8) is 0 Å². The summed E-state index contributed by atoms with van der Waals surface area (Å²) >= 11 is 0. The van der Waals surface area contributed by atoms with Gasteiger partial charge in [-0.15, -0.1) is 0 Å². The Morgan fingerprint density at radius 1 is 0.957 bits per heavy atom. The van der Waals surface area contributed by atoms with Gasteiger partial charge in [-0.05, 0) is 37.1 Å². The number of benzene rings is 2. The number of rotatable bonds is 7. The van der Waals surface area contributed by atoms with Crippen LogP contribution in [0.4, 0.5) is 0 Å². The Kier molecular flexibility index (Phi) is 5.80. The lowest BCUT2D eigenvalue weighted by Gasteiger charge is -2.35. The first-order valence-corrected chi connectivity index (χ1v) is 8.17. The highest BCUT2D eigenvalue weighted by molar-refractivity contribution is 5.64. The molecule has 0 fully saturated rings. The number of aliphatic hydroxyl groups is 1. The lowest BCUT2D eigenvalue weighted by atomic mass is 10.1. The predicted molar refractivity (Wildman–Crippen MR) is 95.5 cm³/mol. The van der Waals surface area contributed by atoms with E-state index in [1.54, 1.807) is 0 Å². The monoisotopic (exact) mass is 314 g/mol. The predicted octanol–water partition coefficient (Wildman–Crippen LogP) is 3.58. The van der Waals surface area contributed by atoms with Gasteiger partial charge < -0.3 is 14.3 Å². The first-order chi connectivity index (χ1) is 10.9. The van der Waals surface area contributed by atoms with Crippen molar-refractivity contribution in [1.82, 2.24) is 0 Å². The summed E-state index contributed by atoms with van der Waals surface area (Å²) < 4.78 is 6.57. The standard InChI is InChI=1S/C20H28NO2/c1-16(2)21(3,4)14-19(22)15-23-20-12-8-11-18(13-20)17-9-6-5-7-10-17/h5-13,16,19,22H,14-15H2,1-4H3/q+1. The minimum Gasteiger partial charge on any atom is -0.491 e. The van der Waals surface area contributed by atoms with E-state index in [-0.39, 0.29) is 0 Å². The van der Waals surface area contributed by atoms with E-state index in [1.807, 2.05) is 36.4 Å². The SMILES string of the molecule is CC(C)[N+](C)(C)CC(O)COc1cccc(-c2ccccc2)c1. The molecule has 0 radical (unpaired) electrons. The Morgan fingerprint density at radius 3 is 2.26 bits per heavy atom. The van der Waals surface area contributed by atoms with Gasteiger partial charge in [0.15, 0.2) is 0 Å². The van der Waals surface area contributed by atoms with Gasteiger partial charge in [0, 0.05) is 0 Å². The highest BCUT2D eigenvalue weighted by Gasteiger charge is 2.24. The van der Waals surface area contributed by atoms with Crippen molar-refractivity contribution in [3.8, 4) is 16.9 Å². The minimum absolute atomic E-state index is 0.312. The third-order valence-corrected chi connectivity index (χ3v) is 4.46. The van der Waals surface area contributed by atoms with E-state index in [1.165, 1.54) is 0 Å². The molecule has 2 aromatic carbocycles. The van der Waals surface area contributed by atoms with Crippen LogP contribution in [0.2, 0.25) is 0 Å². The van der Waals surface area contributed by atoms with E-state index in [4.69, 9.17) is 4.74 Å². The van der Waals surface area contributed by atoms with E-state index in [2.05, 4.69) is 46.1 Å². The molecule has 2 aromatic rings. The molecule has 0 aliphatic carbocycles. The van der Waals surface area contributed by atoms with Crippen LogP contribution in [-0.4, -0.2) is 49.0 Å². The molecule has 23 heavy (non-hydrogen) atoms. The summed E-state index contributed by atoms with van der Waals surface area (Å²) in [5.74, 6) is 0.792. The first-order valence-electron chi connectivity index (χ1n) is 8.17. The van der Waals surface area contributed by atoms with Gasteiger partial charge in [0.1, 0.15) is 25.0 Å². The number of hydrogen-bond donors (Lipinski definition) is 1. The molecule has 3 nitrogen and oxygen atoms in total. The molecule has 1 atom stereocenters. The van der Waals surface area contributed by atoms with Gasteiger partial charge in [0.25, 0.3) is 0 Å². The number of aliphatic hydroxyl groups excluding tert-OH is 1. The molecule has 0 saturated carbocycles. The van der Waals surface area contributed by atoms with Gasteiger partial charge in [0.2, 0.25) is 0 Å². The minimum atomic E-state index is -0.479. The van der Waals surface area contributed by atoms with Crippen molar-refractivity contribution in [2.45, 2.75) is 26.0 Å². The Bertz CT molecular complexity index is 608. The van der Waals surface area contributed by atoms with Crippen LogP contribution in [0.3, 0.4) is 0 Å². The van der Waals surface area contributed by atoms with Crippen molar-refractivity contribution in [2.75, 3.05) is 27.2 Å². The molecular formula is C20H28NO2+. The van der Waals surface area contributed by atoms with Gasteiger partial charge in [-0.2, -0.15) is 0 Å². The largest absolute Gasteiger partial charge is 0.491 e. The molecular weight excluding hydrogens is 286 g/mol. The number of likely N-dealkylation sites (N-methyl/N-ethyl adjacent to an activating group) is 1. The zero-order valence-corrected chi connectivity index (χ0v) is 14.6. The lowest BCUT2D eigenvalue weighted by molar-refractivity contribution is -0.914. The summed E-state index contributed by atoms with van der Waals surface area (Å²) in [6.07, 6.45) is -0.479. The molecule has 1 N–H and O–H groups in total. The van der Waals surface area contributed by atoms with E-state index < -0.39 is 6.10 Å². The highest BCUT2D eigenvalue weighted by atomic mass is 16.5. The molecule has 0 aliphatic rings. The number of quaternary nitrogens is 1. The van der Waals surface area contributed by atoms with Crippen LogP contribution in [-0.2, 0) is 0 Å². The number of ether oxygens (including phenoxy) is 1. The molecule has 3 heteroatoms. The summed E-state index contributed by atoms with van der Waals surface area (Å²) in [7, 11) is 4.26. The van der Waals surface area contributed by atoms with Gasteiger partial charge >= 0.3 is 0 Å². The molecule has 2 rings (SSSR count). The van der Waals surface area contributed by atoms with Gasteiger partial charge in [0.05, 0.1) is 20.1 Å². The van der Waals surface area contributed by atoms with Crippen LogP contribution in [0.15, 0.2) is 54.6 Å². The lowest BCUT2D eigenvalue weighted by Crippen LogP contribution is -2.51. The Hall–Kier alpha value is -1.84. The summed E-state index contributed by atoms with van der Waals surface area (Å²) in [6, 6.07) is 18.7. The fourth-order valence-electron chi connectivity index (χ4n) is 2.40. The Morgan fingerprint density at radius 2 is 1.61 bits per heavy atom. The van der Waals surface area contributed by atoms with Gasteiger partial charge in [-0.3, -0.25) is 0 Å². The molecule has 0 aromatic heterocycles. The normalized spacial score (nSPS) is 13.1. The molecule has 124 valence electrons. The van der Waals surface area contributed by atoms with Crippen LogP contribution in [0.25, 0.3) is 11.1 Å². The fraction of sp³-hybridized carbons (Fsp3) is 0.400. The maximum Gasteiger partial charge on any atom is 0.137 e. The van der Waals surface area contributed by atoms with E-state index >= 15 is 0 Å². The zero-order chi connectivity index (χ0) is 16.9. The van der Waals surface area contributed by atoms with E-state index in [0.717, 1.165) is 21.4 Å². The maximum absolute atomic E-state index is 10.2.